The van der Waals surface area contributed by atoms with Crippen molar-refractivity contribution in [1.29, 1.82) is 0 Å². The SMILES string of the molecule is O=C(O)[C@@H](CCN1C(=O)c2ccccc2C1=O)N(OI)S(=O)(=O)P. The molecule has 0 aliphatic carbocycles. The molecular formula is C12H12IN2O7PS. The van der Waals surface area contributed by atoms with Crippen molar-refractivity contribution in [2.45, 2.75) is 12.5 Å². The van der Waals surface area contributed by atoms with Gasteiger partial charge in [0.1, 0.15) is 23.0 Å². The number of carboxylic acids is 1. The number of imide groups is 1. The van der Waals surface area contributed by atoms with E-state index in [1.165, 1.54) is 43.6 Å². The average Bonchev–Trinajstić information content (AvgIpc) is 2.74. The molecule has 1 aromatic carbocycles. The molecule has 0 spiro atoms. The number of aliphatic carboxylic acids is 1. The molecule has 12 heteroatoms. The quantitative estimate of drug-likeness (QED) is 0.262. The molecule has 0 radical (unpaired) electrons. The predicted molar refractivity (Wildman–Crippen MR) is 93.4 cm³/mol. The van der Waals surface area contributed by atoms with Gasteiger partial charge in [-0.05, 0) is 18.6 Å². The Morgan fingerprint density at radius 1 is 1.29 bits per heavy atom. The summed E-state index contributed by atoms with van der Waals surface area (Å²) < 4.78 is 28.0. The number of fused-ring (bicyclic) bond motifs is 1. The Morgan fingerprint density at radius 3 is 2.17 bits per heavy atom. The van der Waals surface area contributed by atoms with E-state index in [9.17, 15) is 27.9 Å². The molecule has 1 N–H and O–H groups in total. The molecule has 9 nitrogen and oxygen atoms in total. The fourth-order valence-corrected chi connectivity index (χ4v) is 4.95. The van der Waals surface area contributed by atoms with Crippen LogP contribution in [-0.2, 0) is 17.6 Å². The number of rotatable bonds is 7. The van der Waals surface area contributed by atoms with Crippen LogP contribution in [0.5, 0.6) is 0 Å². The van der Waals surface area contributed by atoms with Crippen LogP contribution in [0.2, 0.25) is 0 Å². The minimum absolute atomic E-state index is 0.232. The maximum Gasteiger partial charge on any atom is 0.324 e. The van der Waals surface area contributed by atoms with Gasteiger partial charge in [-0.15, -0.1) is 0 Å². The van der Waals surface area contributed by atoms with Crippen molar-refractivity contribution in [1.82, 2.24) is 9.37 Å². The summed E-state index contributed by atoms with van der Waals surface area (Å²) >= 11 is 1.24. The van der Waals surface area contributed by atoms with Gasteiger partial charge < -0.3 is 5.11 Å². The number of hydroxylamine groups is 1. The number of halogens is 1. The van der Waals surface area contributed by atoms with E-state index in [4.69, 9.17) is 0 Å². The number of carboxylic acid groups (broad SMARTS) is 1. The average molecular weight is 486 g/mol. The highest BCUT2D eigenvalue weighted by Gasteiger charge is 2.38. The molecule has 1 unspecified atom stereocenters. The molecule has 1 aromatic rings. The van der Waals surface area contributed by atoms with Gasteiger partial charge in [0.05, 0.1) is 11.1 Å². The van der Waals surface area contributed by atoms with Gasteiger partial charge in [-0.25, -0.2) is 11.6 Å². The smallest absolute Gasteiger partial charge is 0.324 e. The first-order valence-electron chi connectivity index (χ1n) is 6.47. The molecule has 1 aliphatic heterocycles. The molecule has 0 aromatic heterocycles. The fourth-order valence-electron chi connectivity index (χ4n) is 2.28. The topological polar surface area (TPSA) is 121 Å². The Kier molecular flexibility index (Phi) is 5.91. The van der Waals surface area contributed by atoms with Gasteiger partial charge in [0.2, 0.25) is 9.64 Å². The molecular weight excluding hydrogens is 474 g/mol. The van der Waals surface area contributed by atoms with Gasteiger partial charge in [-0.2, -0.15) is 0 Å². The Hall–Kier alpha value is -1.14. The van der Waals surface area contributed by atoms with E-state index >= 15 is 0 Å². The number of amides is 2. The number of hydrogen-bond acceptors (Lipinski definition) is 6. The van der Waals surface area contributed by atoms with Crippen LogP contribution < -0.4 is 0 Å². The number of hydrogen-bond donors (Lipinski definition) is 1. The third kappa shape index (κ3) is 3.75. The first-order chi connectivity index (χ1) is 11.2. The summed E-state index contributed by atoms with van der Waals surface area (Å²) in [6, 6.07) is 4.63. The van der Waals surface area contributed by atoms with Gasteiger partial charge >= 0.3 is 5.97 Å². The Balaban J connectivity index is 2.18. The maximum atomic E-state index is 12.2. The first kappa shape index (κ1) is 19.2. The van der Waals surface area contributed by atoms with E-state index in [1.807, 2.05) is 0 Å². The van der Waals surface area contributed by atoms with Crippen LogP contribution in [0.3, 0.4) is 0 Å². The number of nitrogens with zero attached hydrogens (tertiary/aromatic N) is 2. The molecule has 130 valence electrons. The second-order valence-electron chi connectivity index (χ2n) is 4.82. The normalized spacial score (nSPS) is 15.7. The van der Waals surface area contributed by atoms with Crippen LogP contribution in [0, 0.1) is 0 Å². The molecule has 1 heterocycles. The molecule has 2 rings (SSSR count). The molecule has 24 heavy (non-hydrogen) atoms. The van der Waals surface area contributed by atoms with Crippen LogP contribution >= 0.6 is 31.4 Å². The third-order valence-electron chi connectivity index (χ3n) is 3.36. The monoisotopic (exact) mass is 486 g/mol. The lowest BCUT2D eigenvalue weighted by Crippen LogP contribution is -2.44. The lowest BCUT2D eigenvalue weighted by molar-refractivity contribution is -0.146. The zero-order chi connectivity index (χ0) is 18.1. The van der Waals surface area contributed by atoms with E-state index < -0.39 is 33.5 Å². The Morgan fingerprint density at radius 2 is 1.79 bits per heavy atom. The minimum atomic E-state index is -4.03. The van der Waals surface area contributed by atoms with Crippen molar-refractivity contribution in [2.75, 3.05) is 6.54 Å². The number of carbonyl (C=O) groups is 3. The summed E-state index contributed by atoms with van der Waals surface area (Å²) in [5.74, 6) is -2.56. The molecule has 2 amide bonds. The largest absolute Gasteiger partial charge is 0.480 e. The summed E-state index contributed by atoms with van der Waals surface area (Å²) in [6.45, 7) is -0.264. The Labute approximate surface area is 153 Å². The maximum absolute atomic E-state index is 12.2. The van der Waals surface area contributed by atoms with Crippen molar-refractivity contribution < 1.29 is 31.1 Å². The summed E-state index contributed by atoms with van der Waals surface area (Å²) in [5.41, 5.74) is 0.463. The predicted octanol–water partition coefficient (Wildman–Crippen LogP) is 0.829. The highest BCUT2D eigenvalue weighted by Crippen LogP contribution is 2.24. The Bertz CT molecular complexity index is 765. The van der Waals surface area contributed by atoms with Crippen molar-refractivity contribution in [3.63, 3.8) is 0 Å². The van der Waals surface area contributed by atoms with Crippen molar-refractivity contribution in [2.24, 2.45) is 0 Å². The van der Waals surface area contributed by atoms with Crippen LogP contribution in [0.25, 0.3) is 0 Å². The summed E-state index contributed by atoms with van der Waals surface area (Å²) in [6.07, 6.45) is -0.322. The molecule has 0 saturated heterocycles. The lowest BCUT2D eigenvalue weighted by Gasteiger charge is -2.24. The lowest BCUT2D eigenvalue weighted by atomic mass is 10.1. The third-order valence-corrected chi connectivity index (χ3v) is 5.51. The molecule has 0 bridgehead atoms. The summed E-state index contributed by atoms with van der Waals surface area (Å²) in [5, 5.41) is 9.23. The molecule has 0 fully saturated rings. The number of benzene rings is 1. The highest BCUT2D eigenvalue weighted by molar-refractivity contribution is 14.1. The van der Waals surface area contributed by atoms with Crippen molar-refractivity contribution in [3.8, 4) is 0 Å². The van der Waals surface area contributed by atoms with Crippen LogP contribution in [0.1, 0.15) is 27.1 Å². The summed E-state index contributed by atoms with van der Waals surface area (Å²) in [7, 11) is -2.56. The molecule has 1 aliphatic rings. The zero-order valence-corrected chi connectivity index (χ0v) is 16.1. The van der Waals surface area contributed by atoms with E-state index in [2.05, 4.69) is 3.17 Å². The minimum Gasteiger partial charge on any atom is -0.480 e. The van der Waals surface area contributed by atoms with E-state index in [0.29, 0.717) is 4.47 Å². The van der Waals surface area contributed by atoms with Crippen LogP contribution in [-0.4, -0.2) is 53.3 Å². The van der Waals surface area contributed by atoms with Gasteiger partial charge in [0, 0.05) is 15.0 Å². The van der Waals surface area contributed by atoms with E-state index in [0.717, 1.165) is 4.90 Å². The number of carbonyl (C=O) groups excluding carboxylic acids is 2. The van der Waals surface area contributed by atoms with Crippen molar-refractivity contribution >= 4 is 58.9 Å². The zero-order valence-electron chi connectivity index (χ0n) is 12.0. The van der Waals surface area contributed by atoms with E-state index in [1.54, 1.807) is 12.1 Å². The standard InChI is InChI=1S/C12H12IN2O7PS/c13-22-15(24(20,21)23)9(12(18)19)5-6-14-10(16)7-3-1-2-4-8(7)11(14)17/h1-4,9H,5-6,23H2,(H,18,19)/t9-/m1/s1. The van der Waals surface area contributed by atoms with Gasteiger partial charge in [0.15, 0.2) is 6.04 Å². The summed E-state index contributed by atoms with van der Waals surface area (Å²) in [4.78, 5) is 36.7. The van der Waals surface area contributed by atoms with Gasteiger partial charge in [0.25, 0.3) is 11.8 Å². The van der Waals surface area contributed by atoms with E-state index in [-0.39, 0.29) is 24.1 Å². The first-order valence-corrected chi connectivity index (χ1v) is 10.3. The van der Waals surface area contributed by atoms with Crippen LogP contribution in [0.15, 0.2) is 24.3 Å². The van der Waals surface area contributed by atoms with Crippen LogP contribution in [0.4, 0.5) is 0 Å². The van der Waals surface area contributed by atoms with Gasteiger partial charge in [-0.1, -0.05) is 16.6 Å². The van der Waals surface area contributed by atoms with Crippen molar-refractivity contribution in [3.05, 3.63) is 35.4 Å². The van der Waals surface area contributed by atoms with Gasteiger partial charge in [-0.3, -0.25) is 19.3 Å². The highest BCUT2D eigenvalue weighted by atomic mass is 127. The second kappa shape index (κ2) is 7.40. The molecule has 0 saturated carbocycles. The molecule has 2 atom stereocenters. The fraction of sp³-hybridized carbons (Fsp3) is 0.250. The second-order valence-corrected chi connectivity index (χ2v) is 8.39.